The average Bonchev–Trinajstić information content (AvgIpc) is 2.79. The van der Waals surface area contributed by atoms with E-state index in [-0.39, 0.29) is 11.5 Å². The number of allylic oxidation sites excluding steroid dienone is 1. The molecule has 1 saturated carbocycles. The molecule has 1 fully saturated rings. The van der Waals surface area contributed by atoms with Gasteiger partial charge in [-0.3, -0.25) is 0 Å². The Morgan fingerprint density at radius 3 is 2.30 bits per heavy atom. The second kappa shape index (κ2) is 10.9. The van der Waals surface area contributed by atoms with Crippen LogP contribution in [0.1, 0.15) is 53.6 Å². The molecule has 2 aromatic rings. The maximum Gasteiger partial charge on any atom is 0.346 e. The first kappa shape index (κ1) is 24.8. The van der Waals surface area contributed by atoms with Crippen LogP contribution in [0.25, 0.3) is 6.08 Å². The van der Waals surface area contributed by atoms with Gasteiger partial charge in [0, 0.05) is 19.3 Å². The highest BCUT2D eigenvalue weighted by atomic mass is 19.3. The van der Waals surface area contributed by atoms with Crippen LogP contribution in [0.4, 0.5) is 26.3 Å². The van der Waals surface area contributed by atoms with Crippen LogP contribution >= 0.6 is 0 Å². The fraction of sp³-hybridized carbons (Fsp3) is 0.375. The van der Waals surface area contributed by atoms with Gasteiger partial charge in [-0.15, -0.1) is 0 Å². The van der Waals surface area contributed by atoms with Crippen molar-refractivity contribution in [2.75, 3.05) is 13.7 Å². The van der Waals surface area contributed by atoms with Crippen LogP contribution in [0.3, 0.4) is 0 Å². The largest absolute Gasteiger partial charge is 0.420 e. The third-order valence-corrected chi connectivity index (χ3v) is 5.69. The van der Waals surface area contributed by atoms with Gasteiger partial charge in [0.15, 0.2) is 23.2 Å². The molecule has 0 unspecified atom stereocenters. The van der Waals surface area contributed by atoms with Crippen molar-refractivity contribution in [2.45, 2.75) is 32.1 Å². The monoisotopic (exact) mass is 472 g/mol. The Bertz CT molecular complexity index is 1030. The summed E-state index contributed by atoms with van der Waals surface area (Å²) in [5.41, 5.74) is -2.14. The van der Waals surface area contributed by atoms with Crippen LogP contribution in [0.15, 0.2) is 30.3 Å². The van der Waals surface area contributed by atoms with E-state index >= 15 is 0 Å². The molecule has 0 N–H and O–H groups in total. The minimum absolute atomic E-state index is 0.0819. The number of ether oxygens (including phenoxy) is 2. The maximum atomic E-state index is 14.5. The number of hydrogen-bond donors (Lipinski definition) is 0. The molecule has 0 atom stereocenters. The third kappa shape index (κ3) is 5.76. The summed E-state index contributed by atoms with van der Waals surface area (Å²) in [7, 11) is 1.65. The van der Waals surface area contributed by atoms with E-state index in [2.05, 4.69) is 4.74 Å². The van der Waals surface area contributed by atoms with Crippen molar-refractivity contribution in [1.29, 1.82) is 0 Å². The van der Waals surface area contributed by atoms with Gasteiger partial charge >= 0.3 is 5.97 Å². The molecule has 0 heterocycles. The molecule has 3 nitrogen and oxygen atoms in total. The molecule has 0 bridgehead atoms. The van der Waals surface area contributed by atoms with Gasteiger partial charge in [0.2, 0.25) is 5.82 Å². The van der Waals surface area contributed by atoms with E-state index in [1.165, 1.54) is 12.1 Å². The van der Waals surface area contributed by atoms with Crippen molar-refractivity contribution in [1.82, 2.24) is 0 Å². The minimum Gasteiger partial charge on any atom is -0.420 e. The Hall–Kier alpha value is -2.81. The number of benzene rings is 2. The number of alkyl halides is 2. The highest BCUT2D eigenvalue weighted by Gasteiger charge is 2.25. The van der Waals surface area contributed by atoms with Gasteiger partial charge in [-0.2, -0.15) is 4.39 Å². The van der Waals surface area contributed by atoms with Crippen molar-refractivity contribution >= 4 is 12.0 Å². The van der Waals surface area contributed by atoms with E-state index in [1.54, 1.807) is 13.2 Å². The Labute approximate surface area is 187 Å². The van der Waals surface area contributed by atoms with Gasteiger partial charge in [0.1, 0.15) is 0 Å². The number of methoxy groups -OCH3 is 1. The summed E-state index contributed by atoms with van der Waals surface area (Å²) in [5, 5.41) is 0. The van der Waals surface area contributed by atoms with Gasteiger partial charge in [0.25, 0.3) is 6.43 Å². The summed E-state index contributed by atoms with van der Waals surface area (Å²) in [6.45, 7) is 0.695. The highest BCUT2D eigenvalue weighted by Crippen LogP contribution is 2.31. The zero-order valence-electron chi connectivity index (χ0n) is 17.7. The predicted octanol–water partition coefficient (Wildman–Crippen LogP) is 6.87. The first-order valence-corrected chi connectivity index (χ1v) is 10.4. The van der Waals surface area contributed by atoms with Crippen molar-refractivity contribution in [3.05, 3.63) is 70.3 Å². The number of carbonyl (C=O) groups is 1. The molecule has 178 valence electrons. The van der Waals surface area contributed by atoms with Crippen molar-refractivity contribution in [3.63, 3.8) is 0 Å². The smallest absolute Gasteiger partial charge is 0.346 e. The molecule has 3 rings (SSSR count). The Morgan fingerprint density at radius 1 is 0.970 bits per heavy atom. The quantitative estimate of drug-likeness (QED) is 0.251. The van der Waals surface area contributed by atoms with E-state index in [9.17, 15) is 31.1 Å². The van der Waals surface area contributed by atoms with Crippen molar-refractivity contribution in [3.8, 4) is 5.75 Å². The van der Waals surface area contributed by atoms with E-state index in [0.29, 0.717) is 24.7 Å². The first-order valence-electron chi connectivity index (χ1n) is 10.4. The van der Waals surface area contributed by atoms with Crippen LogP contribution in [0.5, 0.6) is 5.75 Å². The molecular formula is C24H22F6O3. The Kier molecular flexibility index (Phi) is 8.18. The van der Waals surface area contributed by atoms with Gasteiger partial charge in [-0.05, 0) is 55.7 Å². The minimum atomic E-state index is -3.28. The normalized spacial score (nSPS) is 18.8. The topological polar surface area (TPSA) is 35.5 Å². The molecule has 0 spiro atoms. The Balaban J connectivity index is 1.71. The second-order valence-corrected chi connectivity index (χ2v) is 7.90. The summed E-state index contributed by atoms with van der Waals surface area (Å²) in [4.78, 5) is 12.2. The summed E-state index contributed by atoms with van der Waals surface area (Å²) in [6, 6.07) is 3.28. The molecule has 0 saturated heterocycles. The van der Waals surface area contributed by atoms with Gasteiger partial charge in [-0.1, -0.05) is 18.2 Å². The standard InChI is InChI=1S/C24H22F6O3/c1-32-12-14-4-2-13(3-5-14)6-7-15-8-9-17(21(27)19(15)25)24(31)33-18-11-10-16(23(29)30)20(26)22(18)28/h6-11,13-14,23H,2-5,12H2,1H3. The highest BCUT2D eigenvalue weighted by molar-refractivity contribution is 5.91. The predicted molar refractivity (Wildman–Crippen MR) is 109 cm³/mol. The van der Waals surface area contributed by atoms with Crippen LogP contribution in [-0.2, 0) is 4.74 Å². The van der Waals surface area contributed by atoms with Gasteiger partial charge in [0.05, 0.1) is 11.1 Å². The van der Waals surface area contributed by atoms with Crippen molar-refractivity contribution in [2.24, 2.45) is 11.8 Å². The van der Waals surface area contributed by atoms with Gasteiger partial charge < -0.3 is 9.47 Å². The molecule has 0 amide bonds. The second-order valence-electron chi connectivity index (χ2n) is 7.90. The lowest BCUT2D eigenvalue weighted by Gasteiger charge is -2.26. The molecule has 33 heavy (non-hydrogen) atoms. The molecule has 9 heteroatoms. The van der Waals surface area contributed by atoms with Crippen molar-refractivity contribution < 1.29 is 40.6 Å². The number of carbonyl (C=O) groups excluding carboxylic acids is 1. The van der Waals surface area contributed by atoms with Crippen LogP contribution in [0, 0.1) is 35.1 Å². The maximum absolute atomic E-state index is 14.5. The lowest BCUT2D eigenvalue weighted by atomic mass is 9.82. The molecule has 0 aromatic heterocycles. The third-order valence-electron chi connectivity index (χ3n) is 5.69. The average molecular weight is 472 g/mol. The number of halogens is 6. The zero-order chi connectivity index (χ0) is 24.1. The van der Waals surface area contributed by atoms with E-state index in [1.807, 2.05) is 0 Å². The molecule has 0 radical (unpaired) electrons. The summed E-state index contributed by atoms with van der Waals surface area (Å²) >= 11 is 0. The summed E-state index contributed by atoms with van der Waals surface area (Å²) in [5.74, 6) is -8.36. The van der Waals surface area contributed by atoms with Crippen LogP contribution in [0.2, 0.25) is 0 Å². The van der Waals surface area contributed by atoms with E-state index in [4.69, 9.17) is 4.74 Å². The Morgan fingerprint density at radius 2 is 1.67 bits per heavy atom. The zero-order valence-corrected chi connectivity index (χ0v) is 17.7. The summed E-state index contributed by atoms with van der Waals surface area (Å²) in [6.07, 6.45) is 3.68. The molecule has 1 aliphatic carbocycles. The van der Waals surface area contributed by atoms with Crippen LogP contribution < -0.4 is 4.74 Å². The number of rotatable bonds is 7. The number of esters is 1. The first-order chi connectivity index (χ1) is 15.7. The van der Waals surface area contributed by atoms with Crippen LogP contribution in [-0.4, -0.2) is 19.7 Å². The summed E-state index contributed by atoms with van der Waals surface area (Å²) < 4.78 is 91.5. The molecule has 2 aromatic carbocycles. The fourth-order valence-corrected chi connectivity index (χ4v) is 3.82. The van der Waals surface area contributed by atoms with E-state index < -0.39 is 52.5 Å². The lowest BCUT2D eigenvalue weighted by Crippen LogP contribution is -2.17. The molecule has 1 aliphatic rings. The lowest BCUT2D eigenvalue weighted by molar-refractivity contribution is 0.0720. The molecular weight excluding hydrogens is 450 g/mol. The fourth-order valence-electron chi connectivity index (χ4n) is 3.82. The number of hydrogen-bond acceptors (Lipinski definition) is 3. The van der Waals surface area contributed by atoms with E-state index in [0.717, 1.165) is 31.7 Å². The molecule has 0 aliphatic heterocycles. The van der Waals surface area contributed by atoms with Gasteiger partial charge in [-0.25, -0.2) is 26.7 Å². The SMILES string of the molecule is COCC1CCC(C=Cc2ccc(C(=O)Oc3ccc(C(F)F)c(F)c3F)c(F)c2F)CC1.